The second-order valence-electron chi connectivity index (χ2n) is 10.5. The Kier molecular flexibility index (Phi) is 5.90. The summed E-state index contributed by atoms with van der Waals surface area (Å²) in [5.41, 5.74) is 0.579. The fourth-order valence-corrected chi connectivity index (χ4v) is 6.59. The second-order valence-corrected chi connectivity index (χ2v) is 10.9. The number of hydrogen-bond acceptors (Lipinski definition) is 4. The fraction of sp³-hybridized carbons (Fsp3) is 0.640. The minimum atomic E-state index is -0.370. The average Bonchev–Trinajstić information content (AvgIpc) is 3.71. The molecule has 2 saturated carbocycles. The van der Waals surface area contributed by atoms with Gasteiger partial charge in [-0.05, 0) is 62.1 Å². The summed E-state index contributed by atoms with van der Waals surface area (Å²) >= 11 is 6.19. The van der Waals surface area contributed by atoms with Crippen LogP contribution in [0, 0.1) is 17.8 Å². The highest BCUT2D eigenvalue weighted by Crippen LogP contribution is 2.51. The molecule has 0 unspecified atom stereocenters. The number of rotatable bonds is 4. The van der Waals surface area contributed by atoms with Gasteiger partial charge in [-0.3, -0.25) is 14.4 Å². The average molecular weight is 474 g/mol. The zero-order chi connectivity index (χ0) is 23.2. The molecular formula is C25H32ClN3O4. The van der Waals surface area contributed by atoms with Gasteiger partial charge in [-0.15, -0.1) is 0 Å². The number of carboxylic acid groups (broad SMARTS) is 1. The molecule has 7 nitrogen and oxygen atoms in total. The van der Waals surface area contributed by atoms with Crippen molar-refractivity contribution in [2.24, 2.45) is 17.8 Å². The highest BCUT2D eigenvalue weighted by atomic mass is 35.5. The van der Waals surface area contributed by atoms with Gasteiger partial charge in [-0.2, -0.15) is 0 Å². The molecule has 5 fully saturated rings. The van der Waals surface area contributed by atoms with Crippen LogP contribution in [0.4, 0.5) is 0 Å². The summed E-state index contributed by atoms with van der Waals surface area (Å²) in [6.07, 6.45) is 6.29. The maximum absolute atomic E-state index is 13.5. The van der Waals surface area contributed by atoms with E-state index in [9.17, 15) is 9.59 Å². The third kappa shape index (κ3) is 4.14. The zero-order valence-electron chi connectivity index (χ0n) is 18.8. The van der Waals surface area contributed by atoms with Crippen LogP contribution in [0.15, 0.2) is 24.3 Å². The first-order valence-corrected chi connectivity index (χ1v) is 12.5. The van der Waals surface area contributed by atoms with Crippen LogP contribution in [-0.4, -0.2) is 71.5 Å². The van der Waals surface area contributed by atoms with Crippen LogP contribution in [0.25, 0.3) is 0 Å². The van der Waals surface area contributed by atoms with Crippen molar-refractivity contribution in [3.05, 3.63) is 34.9 Å². The molecule has 2 aliphatic carbocycles. The Morgan fingerprint density at radius 2 is 1.88 bits per heavy atom. The number of benzene rings is 1. The first-order chi connectivity index (χ1) is 15.9. The quantitative estimate of drug-likeness (QED) is 0.656. The highest BCUT2D eigenvalue weighted by molar-refractivity contribution is 6.30. The van der Waals surface area contributed by atoms with Crippen molar-refractivity contribution in [1.29, 1.82) is 0 Å². The van der Waals surface area contributed by atoms with E-state index in [2.05, 4.69) is 15.1 Å². The van der Waals surface area contributed by atoms with E-state index >= 15 is 0 Å². The molecule has 0 bridgehead atoms. The summed E-state index contributed by atoms with van der Waals surface area (Å²) in [4.78, 5) is 39.1. The van der Waals surface area contributed by atoms with Gasteiger partial charge in [0.05, 0.1) is 11.3 Å². The standard InChI is InChI=1S/C24H30ClN3O2.CH2O2/c25-18-3-1-2-17(12-18)23(6-7-23)22(30)28-10-8-24(9-11-28)20-15-27(13-16-4-5-16)14-19(20)21(29)26-24;2-1-3/h1-3,12,16,19-20H,4-11,13-15H2,(H,26,29);1H,(H,2,3)/t19-,20+;/m1./s1. The molecule has 3 saturated heterocycles. The van der Waals surface area contributed by atoms with E-state index in [1.165, 1.54) is 19.4 Å². The molecule has 1 aromatic carbocycles. The minimum Gasteiger partial charge on any atom is -0.483 e. The number of likely N-dealkylation sites (tertiary alicyclic amines) is 2. The molecule has 6 rings (SSSR count). The van der Waals surface area contributed by atoms with Crippen LogP contribution < -0.4 is 5.32 Å². The second kappa shape index (κ2) is 8.58. The molecule has 2 atom stereocenters. The number of halogens is 1. The lowest BCUT2D eigenvalue weighted by atomic mass is 9.75. The van der Waals surface area contributed by atoms with E-state index < -0.39 is 0 Å². The van der Waals surface area contributed by atoms with Crippen LogP contribution in [-0.2, 0) is 19.8 Å². The summed E-state index contributed by atoms with van der Waals surface area (Å²) in [5.74, 6) is 1.91. The SMILES string of the molecule is O=C1NC2(CCN(C(=O)C3(c4cccc(Cl)c4)CC3)CC2)[C@H]2CN(CC3CC3)C[C@@H]12.O=CO. The van der Waals surface area contributed by atoms with Crippen molar-refractivity contribution in [3.8, 4) is 0 Å². The Bertz CT molecular complexity index is 937. The Morgan fingerprint density at radius 3 is 2.48 bits per heavy atom. The number of fused-ring (bicyclic) bond motifs is 2. The number of piperidine rings is 1. The molecule has 0 radical (unpaired) electrons. The van der Waals surface area contributed by atoms with Crippen molar-refractivity contribution in [2.75, 3.05) is 32.7 Å². The van der Waals surface area contributed by atoms with Gasteiger partial charge in [0.25, 0.3) is 6.47 Å². The van der Waals surface area contributed by atoms with Gasteiger partial charge >= 0.3 is 0 Å². The molecule has 0 aromatic heterocycles. The molecule has 2 N–H and O–H groups in total. The van der Waals surface area contributed by atoms with Crippen molar-refractivity contribution < 1.29 is 19.5 Å². The summed E-state index contributed by atoms with van der Waals surface area (Å²) in [5, 5.41) is 11.0. The molecule has 2 amide bonds. The number of hydrogen-bond donors (Lipinski definition) is 2. The van der Waals surface area contributed by atoms with Crippen molar-refractivity contribution in [2.45, 2.75) is 49.5 Å². The van der Waals surface area contributed by atoms with Gasteiger partial charge in [-0.1, -0.05) is 23.7 Å². The van der Waals surface area contributed by atoms with Gasteiger partial charge in [0.15, 0.2) is 0 Å². The molecule has 1 spiro atoms. The first-order valence-electron chi connectivity index (χ1n) is 12.1. The van der Waals surface area contributed by atoms with Crippen LogP contribution in [0.2, 0.25) is 5.02 Å². The number of nitrogens with zero attached hydrogens (tertiary/aromatic N) is 2. The predicted octanol–water partition coefficient (Wildman–Crippen LogP) is 2.52. The lowest BCUT2D eigenvalue weighted by Gasteiger charge is -2.43. The largest absolute Gasteiger partial charge is 0.483 e. The number of nitrogens with one attached hydrogen (secondary N) is 1. The van der Waals surface area contributed by atoms with E-state index in [1.54, 1.807) is 0 Å². The minimum absolute atomic E-state index is 0.108. The predicted molar refractivity (Wildman–Crippen MR) is 124 cm³/mol. The maximum atomic E-state index is 13.5. The van der Waals surface area contributed by atoms with E-state index in [0.29, 0.717) is 10.9 Å². The third-order valence-electron chi connectivity index (χ3n) is 8.51. The van der Waals surface area contributed by atoms with Crippen molar-refractivity contribution in [3.63, 3.8) is 0 Å². The molecule has 8 heteroatoms. The maximum Gasteiger partial charge on any atom is 0.290 e. The fourth-order valence-electron chi connectivity index (χ4n) is 6.40. The van der Waals surface area contributed by atoms with Gasteiger partial charge in [-0.25, -0.2) is 0 Å². The highest BCUT2D eigenvalue weighted by Gasteiger charge is 2.59. The lowest BCUT2D eigenvalue weighted by molar-refractivity contribution is -0.136. The summed E-state index contributed by atoms with van der Waals surface area (Å²) in [7, 11) is 0. The Labute approximate surface area is 199 Å². The van der Waals surface area contributed by atoms with Crippen molar-refractivity contribution >= 4 is 29.9 Å². The van der Waals surface area contributed by atoms with E-state index in [-0.39, 0.29) is 35.2 Å². The van der Waals surface area contributed by atoms with E-state index in [4.69, 9.17) is 21.5 Å². The molecule has 178 valence electrons. The number of carbonyl (C=O) groups is 3. The zero-order valence-corrected chi connectivity index (χ0v) is 19.6. The monoisotopic (exact) mass is 473 g/mol. The van der Waals surface area contributed by atoms with Gasteiger partial charge < -0.3 is 20.2 Å². The molecule has 33 heavy (non-hydrogen) atoms. The third-order valence-corrected chi connectivity index (χ3v) is 8.74. The van der Waals surface area contributed by atoms with Gasteiger partial charge in [0.1, 0.15) is 0 Å². The lowest BCUT2D eigenvalue weighted by Crippen LogP contribution is -2.57. The normalized spacial score (nSPS) is 29.1. The molecule has 1 aromatic rings. The summed E-state index contributed by atoms with van der Waals surface area (Å²) in [6, 6.07) is 7.80. The number of amides is 2. The smallest absolute Gasteiger partial charge is 0.290 e. The van der Waals surface area contributed by atoms with Gasteiger partial charge in [0.2, 0.25) is 11.8 Å². The molecule has 3 heterocycles. The van der Waals surface area contributed by atoms with Crippen LogP contribution in [0.1, 0.15) is 44.1 Å². The van der Waals surface area contributed by atoms with Crippen molar-refractivity contribution in [1.82, 2.24) is 15.1 Å². The van der Waals surface area contributed by atoms with Gasteiger partial charge in [0, 0.05) is 49.2 Å². The topological polar surface area (TPSA) is 90.0 Å². The van der Waals surface area contributed by atoms with Crippen LogP contribution in [0.5, 0.6) is 0 Å². The summed E-state index contributed by atoms with van der Waals surface area (Å²) < 4.78 is 0. The molecular weight excluding hydrogens is 442 g/mol. The summed E-state index contributed by atoms with van der Waals surface area (Å²) in [6.45, 7) is 4.37. The Hall–Kier alpha value is -2.12. The van der Waals surface area contributed by atoms with Crippen LogP contribution >= 0.6 is 11.6 Å². The first kappa shape index (κ1) is 22.7. The molecule has 3 aliphatic heterocycles. The van der Waals surface area contributed by atoms with Crippen LogP contribution in [0.3, 0.4) is 0 Å². The van der Waals surface area contributed by atoms with E-state index in [0.717, 1.165) is 63.3 Å². The number of carbonyl (C=O) groups excluding carboxylic acids is 2. The molecule has 5 aliphatic rings. The Balaban J connectivity index is 0.000000724. The van der Waals surface area contributed by atoms with E-state index in [1.807, 2.05) is 24.3 Å². The Morgan fingerprint density at radius 1 is 1.18 bits per heavy atom.